The molecule has 366 valence electrons. The topological polar surface area (TPSA) is 24.6 Å². The SMILES string of the molecule is C=C/C(c1cc(C)c(N2c3cc4c(cc3B3c5ccc(C(C)(C)C)cc5N(c5c(C)cc(-c6ccccc6)cc5C)c5cc(C)cc2c53)c(/C=C\C)c(C=C)n4-c2ccccc2)c(C)c1)=c1/oc2ccccc2c1=C. The lowest BCUT2D eigenvalue weighted by Crippen LogP contribution is -2.61. The van der Waals surface area contributed by atoms with Gasteiger partial charge in [0.15, 0.2) is 0 Å². The number of rotatable bonds is 8. The highest BCUT2D eigenvalue weighted by molar-refractivity contribution is 7.00. The molecule has 0 saturated carbocycles. The summed E-state index contributed by atoms with van der Waals surface area (Å²) in [6.07, 6.45) is 8.34. The molecule has 0 spiro atoms. The van der Waals surface area contributed by atoms with Crippen LogP contribution in [0.4, 0.5) is 34.1 Å². The Labute approximate surface area is 442 Å². The van der Waals surface area contributed by atoms with Crippen LogP contribution in [0.3, 0.4) is 0 Å². The Morgan fingerprint density at radius 2 is 1.20 bits per heavy atom. The van der Waals surface area contributed by atoms with Gasteiger partial charge in [0, 0.05) is 55.6 Å². The van der Waals surface area contributed by atoms with Gasteiger partial charge in [-0.25, -0.2) is 0 Å². The fraction of sp³-hybridized carbons (Fsp3) is 0.143. The molecule has 0 radical (unpaired) electrons. The molecule has 0 N–H and O–H groups in total. The summed E-state index contributed by atoms with van der Waals surface area (Å²) in [5.41, 5.74) is 28.4. The molecule has 0 unspecified atom stereocenters. The van der Waals surface area contributed by atoms with Gasteiger partial charge in [0.05, 0.1) is 22.6 Å². The number of aryl methyl sites for hydroxylation is 5. The molecule has 0 saturated heterocycles. The summed E-state index contributed by atoms with van der Waals surface area (Å²) in [7, 11) is 0. The van der Waals surface area contributed by atoms with Gasteiger partial charge in [-0.05, 0) is 186 Å². The quantitative estimate of drug-likeness (QED) is 0.142. The van der Waals surface area contributed by atoms with Crippen molar-refractivity contribution < 1.29 is 4.42 Å². The van der Waals surface area contributed by atoms with E-state index < -0.39 is 0 Å². The molecule has 2 aliphatic heterocycles. The molecule has 0 aliphatic carbocycles. The van der Waals surface area contributed by atoms with Gasteiger partial charge in [-0.2, -0.15) is 0 Å². The first-order valence-electron chi connectivity index (χ1n) is 26.2. The minimum atomic E-state index is -0.0921. The predicted molar refractivity (Wildman–Crippen MR) is 324 cm³/mol. The Kier molecular flexibility index (Phi) is 11.3. The second kappa shape index (κ2) is 17.8. The number of anilines is 6. The van der Waals surface area contributed by atoms with Crippen molar-refractivity contribution in [1.29, 1.82) is 0 Å². The second-order valence-electron chi connectivity index (χ2n) is 21.8. The van der Waals surface area contributed by atoms with Gasteiger partial charge in [0.1, 0.15) is 11.0 Å². The molecule has 2 aliphatic rings. The highest BCUT2D eigenvalue weighted by Gasteiger charge is 2.45. The van der Waals surface area contributed by atoms with E-state index in [1.54, 1.807) is 0 Å². The zero-order chi connectivity index (χ0) is 52.2. The molecule has 8 aromatic carbocycles. The van der Waals surface area contributed by atoms with Crippen LogP contribution in [-0.2, 0) is 5.41 Å². The summed E-state index contributed by atoms with van der Waals surface area (Å²) in [6.45, 7) is 33.6. The first-order chi connectivity index (χ1) is 36.2. The van der Waals surface area contributed by atoms with Crippen LogP contribution < -0.4 is 36.8 Å². The van der Waals surface area contributed by atoms with E-state index in [9.17, 15) is 0 Å². The Morgan fingerprint density at radius 3 is 1.80 bits per heavy atom. The Bertz CT molecular complexity index is 4140. The average molecular weight is 972 g/mol. The van der Waals surface area contributed by atoms with Crippen molar-refractivity contribution in [2.24, 2.45) is 0 Å². The largest absolute Gasteiger partial charge is 0.455 e. The smallest absolute Gasteiger partial charge is 0.252 e. The average Bonchev–Trinajstić information content (AvgIpc) is 3.89. The Balaban J connectivity index is 1.20. The number of nitrogens with zero attached hydrogens (tertiary/aromatic N) is 3. The molecule has 2 aromatic heterocycles. The van der Waals surface area contributed by atoms with Crippen molar-refractivity contribution in [2.45, 2.75) is 67.7 Å². The number of hydrogen-bond donors (Lipinski definition) is 0. The number of hydrogen-bond acceptors (Lipinski definition) is 3. The van der Waals surface area contributed by atoms with E-state index in [1.807, 2.05) is 30.4 Å². The van der Waals surface area contributed by atoms with Crippen LogP contribution in [0.1, 0.15) is 77.9 Å². The summed E-state index contributed by atoms with van der Waals surface area (Å²) in [5, 5.41) is 3.06. The van der Waals surface area contributed by atoms with E-state index in [-0.39, 0.29) is 12.1 Å². The summed E-state index contributed by atoms with van der Waals surface area (Å²) in [4.78, 5) is 5.20. The molecule has 75 heavy (non-hydrogen) atoms. The van der Waals surface area contributed by atoms with Crippen molar-refractivity contribution in [1.82, 2.24) is 4.57 Å². The Morgan fingerprint density at radius 1 is 0.600 bits per heavy atom. The normalized spacial score (nSPS) is 13.4. The van der Waals surface area contributed by atoms with Crippen molar-refractivity contribution in [3.05, 3.63) is 238 Å². The number of aromatic nitrogens is 1. The van der Waals surface area contributed by atoms with Gasteiger partial charge in [-0.1, -0.05) is 144 Å². The second-order valence-corrected chi connectivity index (χ2v) is 21.8. The van der Waals surface area contributed by atoms with Gasteiger partial charge < -0.3 is 18.8 Å². The summed E-state index contributed by atoms with van der Waals surface area (Å²) >= 11 is 0. The van der Waals surface area contributed by atoms with Crippen LogP contribution in [0.15, 0.2) is 181 Å². The monoisotopic (exact) mass is 971 g/mol. The highest BCUT2D eigenvalue weighted by Crippen LogP contribution is 2.50. The maximum Gasteiger partial charge on any atom is 0.252 e. The molecule has 4 heterocycles. The molecule has 12 rings (SSSR count). The molecule has 10 aromatic rings. The van der Waals surface area contributed by atoms with Gasteiger partial charge in [-0.15, -0.1) is 0 Å². The number of para-hydroxylation sites is 2. The third kappa shape index (κ3) is 7.42. The van der Waals surface area contributed by atoms with Crippen molar-refractivity contribution in [3.8, 4) is 16.8 Å². The maximum absolute atomic E-state index is 6.56. The van der Waals surface area contributed by atoms with Gasteiger partial charge in [-0.3, -0.25) is 0 Å². The van der Waals surface area contributed by atoms with E-state index in [2.05, 4.69) is 242 Å². The van der Waals surface area contributed by atoms with Crippen molar-refractivity contribution in [3.63, 3.8) is 0 Å². The standard InChI is InChI=1S/C70H62BN3O/c1-13-24-55-56-40-58-62(41-60(56)72(59(55)15-3)52-27-20-17-21-28-52)74(68-45(7)37-50(38-46(68)8)53(14-2)69-47(9)54-29-22-23-30-65(54)75-69)64-34-42(4)33-63-66(64)71(58)57-32-31-51(70(10,11)12)39-61(57)73(63)67-43(5)35-49(36-44(67)6)48-25-18-16-19-26-48/h13-41H,2-3,9H2,1,4-8,10-12H3/b24-13-,69-53-. The fourth-order valence-electron chi connectivity index (χ4n) is 12.5. The minimum Gasteiger partial charge on any atom is -0.455 e. The van der Waals surface area contributed by atoms with Gasteiger partial charge >= 0.3 is 0 Å². The number of allylic oxidation sites excluding steroid dienone is 2. The maximum atomic E-state index is 6.56. The first-order valence-corrected chi connectivity index (χ1v) is 26.2. The van der Waals surface area contributed by atoms with E-state index >= 15 is 0 Å². The zero-order valence-corrected chi connectivity index (χ0v) is 44.7. The van der Waals surface area contributed by atoms with E-state index in [0.29, 0.717) is 0 Å². The molecule has 0 fully saturated rings. The van der Waals surface area contributed by atoms with E-state index in [1.165, 1.54) is 77.9 Å². The molecule has 0 amide bonds. The summed E-state index contributed by atoms with van der Waals surface area (Å²) in [5.74, 6) is 0. The van der Waals surface area contributed by atoms with Crippen LogP contribution in [0.5, 0.6) is 0 Å². The lowest BCUT2D eigenvalue weighted by atomic mass is 9.33. The molecule has 4 nitrogen and oxygen atoms in total. The predicted octanol–water partition coefficient (Wildman–Crippen LogP) is 15.4. The molecular weight excluding hydrogens is 910 g/mol. The van der Waals surface area contributed by atoms with Crippen molar-refractivity contribution in [2.75, 3.05) is 9.80 Å². The Hall–Kier alpha value is -8.54. The summed E-state index contributed by atoms with van der Waals surface area (Å²) in [6, 6.07) is 56.1. The van der Waals surface area contributed by atoms with Gasteiger partial charge in [0.25, 0.3) is 6.71 Å². The van der Waals surface area contributed by atoms with Gasteiger partial charge in [0.2, 0.25) is 0 Å². The van der Waals surface area contributed by atoms with E-state index in [0.717, 1.165) is 77.7 Å². The van der Waals surface area contributed by atoms with Crippen LogP contribution in [0.2, 0.25) is 0 Å². The first kappa shape index (κ1) is 47.5. The highest BCUT2D eigenvalue weighted by atomic mass is 16.3. The lowest BCUT2D eigenvalue weighted by molar-refractivity contribution is 0.573. The number of benzene rings is 8. The molecule has 0 atom stereocenters. The van der Waals surface area contributed by atoms with E-state index in [4.69, 9.17) is 4.42 Å². The fourth-order valence-corrected chi connectivity index (χ4v) is 12.5. The lowest BCUT2D eigenvalue weighted by Gasteiger charge is -2.46. The van der Waals surface area contributed by atoms with Crippen LogP contribution >= 0.6 is 0 Å². The van der Waals surface area contributed by atoms with Crippen LogP contribution in [0.25, 0.3) is 63.0 Å². The molecule has 5 heteroatoms. The third-order valence-electron chi connectivity index (χ3n) is 15.8. The number of fused-ring (bicyclic) bond motifs is 6. The van der Waals surface area contributed by atoms with Crippen molar-refractivity contribution >= 4 is 103 Å². The number of furan rings is 1. The van der Waals surface area contributed by atoms with Crippen LogP contribution in [0, 0.1) is 34.6 Å². The minimum absolute atomic E-state index is 0.0833. The van der Waals surface area contributed by atoms with Crippen LogP contribution in [-0.4, -0.2) is 11.3 Å². The molecular formula is C70H62BN3O. The zero-order valence-electron chi connectivity index (χ0n) is 44.7. The summed E-state index contributed by atoms with van der Waals surface area (Å²) < 4.78 is 8.95. The third-order valence-corrected chi connectivity index (χ3v) is 15.8. The molecule has 0 bridgehead atoms.